The van der Waals surface area contributed by atoms with Gasteiger partial charge in [-0.2, -0.15) is 0 Å². The molecule has 1 aromatic carbocycles. The van der Waals surface area contributed by atoms with Crippen molar-refractivity contribution in [1.29, 1.82) is 0 Å². The number of carbonyl (C=O) groups is 1. The number of benzene rings is 1. The summed E-state index contributed by atoms with van der Waals surface area (Å²) >= 11 is 1.62. The highest BCUT2D eigenvalue weighted by Gasteiger charge is 2.26. The average molecular weight is 333 g/mol. The summed E-state index contributed by atoms with van der Waals surface area (Å²) in [6.45, 7) is 2.08. The lowest BCUT2D eigenvalue weighted by molar-refractivity contribution is -0.129. The van der Waals surface area contributed by atoms with E-state index in [0.717, 1.165) is 30.8 Å². The highest BCUT2D eigenvalue weighted by molar-refractivity contribution is 7.10. The molecule has 1 saturated heterocycles. The van der Waals surface area contributed by atoms with Crippen molar-refractivity contribution in [3.8, 4) is 5.75 Å². The molecule has 1 unspecified atom stereocenters. The van der Waals surface area contributed by atoms with Gasteiger partial charge in [0.1, 0.15) is 0 Å². The Kier molecular flexibility index (Phi) is 5.28. The number of ether oxygens (including phenoxy) is 1. The van der Waals surface area contributed by atoms with E-state index in [1.165, 1.54) is 6.07 Å². The molecule has 1 fully saturated rings. The number of thiophene rings is 1. The molecule has 1 atom stereocenters. The van der Waals surface area contributed by atoms with Crippen LogP contribution < -0.4 is 4.74 Å². The summed E-state index contributed by atoms with van der Waals surface area (Å²) in [5, 5.41) is 2.00. The maximum atomic E-state index is 13.5. The Morgan fingerprint density at radius 3 is 2.96 bits per heavy atom. The van der Waals surface area contributed by atoms with Crippen molar-refractivity contribution in [1.82, 2.24) is 4.90 Å². The number of amides is 1. The lowest BCUT2D eigenvalue weighted by Crippen LogP contribution is -2.30. The van der Waals surface area contributed by atoms with Gasteiger partial charge in [0.2, 0.25) is 5.91 Å². The third kappa shape index (κ3) is 4.32. The number of para-hydroxylation sites is 1. The topological polar surface area (TPSA) is 29.5 Å². The Bertz CT molecular complexity index is 644. The summed E-state index contributed by atoms with van der Waals surface area (Å²) in [4.78, 5) is 15.3. The number of hydrogen-bond acceptors (Lipinski definition) is 3. The fourth-order valence-electron chi connectivity index (χ4n) is 2.87. The van der Waals surface area contributed by atoms with Crippen LogP contribution in [0.1, 0.15) is 17.7 Å². The van der Waals surface area contributed by atoms with E-state index in [9.17, 15) is 9.18 Å². The van der Waals surface area contributed by atoms with Gasteiger partial charge in [-0.3, -0.25) is 4.79 Å². The van der Waals surface area contributed by atoms with Gasteiger partial charge in [-0.05, 0) is 42.3 Å². The molecule has 122 valence electrons. The lowest BCUT2D eigenvalue weighted by Gasteiger charge is -2.16. The van der Waals surface area contributed by atoms with Crippen LogP contribution in [0.25, 0.3) is 0 Å². The van der Waals surface area contributed by atoms with Crippen LogP contribution >= 0.6 is 11.3 Å². The van der Waals surface area contributed by atoms with Crippen molar-refractivity contribution >= 4 is 17.2 Å². The van der Waals surface area contributed by atoms with Crippen LogP contribution in [-0.2, 0) is 11.2 Å². The molecule has 2 heterocycles. The van der Waals surface area contributed by atoms with Crippen LogP contribution in [-0.4, -0.2) is 30.5 Å². The molecular weight excluding hydrogens is 313 g/mol. The summed E-state index contributed by atoms with van der Waals surface area (Å²) in [6, 6.07) is 10.4. The Morgan fingerprint density at radius 2 is 2.17 bits per heavy atom. The van der Waals surface area contributed by atoms with Gasteiger partial charge < -0.3 is 9.64 Å². The summed E-state index contributed by atoms with van der Waals surface area (Å²) in [6.07, 6.45) is 2.34. The summed E-state index contributed by atoms with van der Waals surface area (Å²) in [5.74, 6) is 0.613. The third-order valence-electron chi connectivity index (χ3n) is 4.16. The summed E-state index contributed by atoms with van der Waals surface area (Å²) in [5.41, 5.74) is 0. The Hall–Kier alpha value is -1.88. The van der Waals surface area contributed by atoms with Crippen molar-refractivity contribution in [2.45, 2.75) is 19.3 Å². The fraction of sp³-hybridized carbons (Fsp3) is 0.389. The Morgan fingerprint density at radius 1 is 1.30 bits per heavy atom. The van der Waals surface area contributed by atoms with Gasteiger partial charge in [0.05, 0.1) is 13.0 Å². The average Bonchev–Trinajstić information content (AvgIpc) is 3.21. The van der Waals surface area contributed by atoms with Crippen LogP contribution in [0.15, 0.2) is 41.8 Å². The van der Waals surface area contributed by atoms with Gasteiger partial charge in [0.25, 0.3) is 0 Å². The SMILES string of the molecule is O=C(Cc1cccs1)N1CCC(CCOc2ccccc2F)C1. The molecule has 3 nitrogen and oxygen atoms in total. The minimum atomic E-state index is -0.327. The van der Waals surface area contributed by atoms with Crippen LogP contribution in [0.2, 0.25) is 0 Å². The largest absolute Gasteiger partial charge is 0.491 e. The zero-order valence-corrected chi connectivity index (χ0v) is 13.7. The van der Waals surface area contributed by atoms with Gasteiger partial charge in [-0.25, -0.2) is 4.39 Å². The van der Waals surface area contributed by atoms with E-state index in [1.54, 1.807) is 29.5 Å². The van der Waals surface area contributed by atoms with E-state index in [1.807, 2.05) is 22.4 Å². The molecule has 2 aromatic rings. The van der Waals surface area contributed by atoms with Crippen molar-refractivity contribution in [2.24, 2.45) is 5.92 Å². The van der Waals surface area contributed by atoms with Gasteiger partial charge >= 0.3 is 0 Å². The number of likely N-dealkylation sites (tertiary alicyclic amines) is 1. The monoisotopic (exact) mass is 333 g/mol. The van der Waals surface area contributed by atoms with E-state index >= 15 is 0 Å². The quantitative estimate of drug-likeness (QED) is 0.806. The molecule has 0 N–H and O–H groups in total. The molecule has 0 radical (unpaired) electrons. The van der Waals surface area contributed by atoms with Gasteiger partial charge in [0, 0.05) is 18.0 Å². The van der Waals surface area contributed by atoms with E-state index in [4.69, 9.17) is 4.74 Å². The maximum absolute atomic E-state index is 13.5. The summed E-state index contributed by atoms with van der Waals surface area (Å²) < 4.78 is 19.0. The predicted molar refractivity (Wildman–Crippen MR) is 89.2 cm³/mol. The summed E-state index contributed by atoms with van der Waals surface area (Å²) in [7, 11) is 0. The fourth-order valence-corrected chi connectivity index (χ4v) is 3.56. The normalized spacial score (nSPS) is 17.4. The van der Waals surface area contributed by atoms with E-state index < -0.39 is 0 Å². The molecule has 1 aliphatic heterocycles. The highest BCUT2D eigenvalue weighted by atomic mass is 32.1. The second-order valence-corrected chi connectivity index (χ2v) is 6.85. The first kappa shape index (κ1) is 16.0. The molecule has 1 amide bonds. The van der Waals surface area contributed by atoms with Crippen LogP contribution in [0.5, 0.6) is 5.75 Å². The number of nitrogens with zero attached hydrogens (tertiary/aromatic N) is 1. The van der Waals surface area contributed by atoms with Crippen molar-refractivity contribution < 1.29 is 13.9 Å². The highest BCUT2D eigenvalue weighted by Crippen LogP contribution is 2.22. The molecule has 1 aliphatic rings. The zero-order chi connectivity index (χ0) is 16.1. The van der Waals surface area contributed by atoms with Gasteiger partial charge in [0.15, 0.2) is 11.6 Å². The number of halogens is 1. The van der Waals surface area contributed by atoms with Crippen molar-refractivity contribution in [3.63, 3.8) is 0 Å². The molecule has 5 heteroatoms. The maximum Gasteiger partial charge on any atom is 0.227 e. The third-order valence-corrected chi connectivity index (χ3v) is 5.04. The Balaban J connectivity index is 1.41. The minimum absolute atomic E-state index is 0.199. The first-order chi connectivity index (χ1) is 11.2. The first-order valence-electron chi connectivity index (χ1n) is 7.90. The molecule has 0 bridgehead atoms. The molecule has 3 rings (SSSR count). The molecule has 0 spiro atoms. The Labute approximate surface area is 139 Å². The standard InChI is InChI=1S/C18H20FNO2S/c19-16-5-1-2-6-17(16)22-10-8-14-7-9-20(13-14)18(21)12-15-4-3-11-23-15/h1-6,11,14H,7-10,12-13H2. The lowest BCUT2D eigenvalue weighted by atomic mass is 10.1. The van der Waals surface area contributed by atoms with Gasteiger partial charge in [-0.15, -0.1) is 11.3 Å². The second-order valence-electron chi connectivity index (χ2n) is 5.82. The number of carbonyl (C=O) groups excluding carboxylic acids is 1. The van der Waals surface area contributed by atoms with Crippen LogP contribution in [0, 0.1) is 11.7 Å². The van der Waals surface area contributed by atoms with E-state index in [2.05, 4.69) is 0 Å². The van der Waals surface area contributed by atoms with Crippen LogP contribution in [0.3, 0.4) is 0 Å². The molecular formula is C18H20FNO2S. The van der Waals surface area contributed by atoms with Crippen LogP contribution in [0.4, 0.5) is 4.39 Å². The van der Waals surface area contributed by atoms with Gasteiger partial charge in [-0.1, -0.05) is 18.2 Å². The molecule has 23 heavy (non-hydrogen) atoms. The molecule has 0 aliphatic carbocycles. The molecule has 0 saturated carbocycles. The van der Waals surface area contributed by atoms with Crippen molar-refractivity contribution in [3.05, 3.63) is 52.5 Å². The number of hydrogen-bond donors (Lipinski definition) is 0. The smallest absolute Gasteiger partial charge is 0.227 e. The predicted octanol–water partition coefficient (Wildman–Crippen LogP) is 3.75. The van der Waals surface area contributed by atoms with E-state index in [-0.39, 0.29) is 11.7 Å². The number of rotatable bonds is 6. The second kappa shape index (κ2) is 7.59. The minimum Gasteiger partial charge on any atom is -0.491 e. The van der Waals surface area contributed by atoms with Crippen molar-refractivity contribution in [2.75, 3.05) is 19.7 Å². The first-order valence-corrected chi connectivity index (χ1v) is 8.78. The zero-order valence-electron chi connectivity index (χ0n) is 12.9. The molecule has 1 aromatic heterocycles. The van der Waals surface area contributed by atoms with E-state index in [0.29, 0.717) is 24.7 Å².